The highest BCUT2D eigenvalue weighted by molar-refractivity contribution is 5.84. The minimum atomic E-state index is -0.548. The van der Waals surface area contributed by atoms with Gasteiger partial charge in [-0.05, 0) is 25.5 Å². The number of hydrogen-bond donors (Lipinski definition) is 1. The van der Waals surface area contributed by atoms with Crippen LogP contribution < -0.4 is 5.63 Å². The SMILES string of the molecule is CCCC[C@@H](CC(C)=O)c1c(O)c2ccccc2oc1=O. The van der Waals surface area contributed by atoms with Gasteiger partial charge in [-0.3, -0.25) is 0 Å². The molecule has 4 heteroatoms. The van der Waals surface area contributed by atoms with Crippen LogP contribution in [-0.2, 0) is 4.79 Å². The lowest BCUT2D eigenvalue weighted by Crippen LogP contribution is -2.15. The fourth-order valence-electron chi connectivity index (χ4n) is 2.65. The Kier molecular flexibility index (Phi) is 4.78. The van der Waals surface area contributed by atoms with Crippen molar-refractivity contribution in [2.24, 2.45) is 0 Å². The van der Waals surface area contributed by atoms with E-state index in [4.69, 9.17) is 4.42 Å². The summed E-state index contributed by atoms with van der Waals surface area (Å²) in [5.41, 5.74) is 0.0479. The Morgan fingerprint density at radius 1 is 1.33 bits per heavy atom. The first-order chi connectivity index (χ1) is 10.0. The van der Waals surface area contributed by atoms with Crippen LogP contribution in [0.4, 0.5) is 0 Å². The standard InChI is InChI=1S/C17H20O4/c1-3-4-7-12(10-11(2)18)15-16(19)13-8-5-6-9-14(13)21-17(15)20/h5-6,8-9,12,19H,3-4,7,10H2,1-2H3/t12-/m0/s1. The second kappa shape index (κ2) is 6.57. The number of rotatable bonds is 6. The van der Waals surface area contributed by atoms with Gasteiger partial charge in [0, 0.05) is 12.3 Å². The predicted octanol–water partition coefficient (Wildman–Crippen LogP) is 3.75. The number of unbranched alkanes of at least 4 members (excludes halogenated alkanes) is 1. The van der Waals surface area contributed by atoms with E-state index >= 15 is 0 Å². The summed E-state index contributed by atoms with van der Waals surface area (Å²) in [4.78, 5) is 23.7. The normalized spacial score (nSPS) is 12.5. The summed E-state index contributed by atoms with van der Waals surface area (Å²) in [5, 5.41) is 11.0. The number of ketones is 1. The van der Waals surface area contributed by atoms with Crippen LogP contribution >= 0.6 is 0 Å². The molecule has 0 saturated heterocycles. The van der Waals surface area contributed by atoms with Gasteiger partial charge in [0.25, 0.3) is 0 Å². The van der Waals surface area contributed by atoms with Crippen LogP contribution in [0.1, 0.15) is 51.0 Å². The van der Waals surface area contributed by atoms with Gasteiger partial charge in [0.2, 0.25) is 0 Å². The van der Waals surface area contributed by atoms with Crippen LogP contribution in [0.25, 0.3) is 11.0 Å². The first kappa shape index (κ1) is 15.3. The van der Waals surface area contributed by atoms with Crippen molar-refractivity contribution in [3.8, 4) is 5.75 Å². The molecular weight excluding hydrogens is 268 g/mol. The Hall–Kier alpha value is -2.10. The Morgan fingerprint density at radius 3 is 2.71 bits per heavy atom. The summed E-state index contributed by atoms with van der Waals surface area (Å²) in [6.45, 7) is 3.55. The number of fused-ring (bicyclic) bond motifs is 1. The number of para-hydroxylation sites is 1. The lowest BCUT2D eigenvalue weighted by Gasteiger charge is -2.16. The van der Waals surface area contributed by atoms with Gasteiger partial charge in [0.05, 0.1) is 10.9 Å². The minimum Gasteiger partial charge on any atom is -0.507 e. The van der Waals surface area contributed by atoms with Gasteiger partial charge in [-0.25, -0.2) is 4.79 Å². The number of carbonyl (C=O) groups excluding carboxylic acids is 1. The quantitative estimate of drug-likeness (QED) is 0.822. The Balaban J connectivity index is 2.55. The van der Waals surface area contributed by atoms with Gasteiger partial charge in [0.15, 0.2) is 0 Å². The zero-order chi connectivity index (χ0) is 15.4. The third kappa shape index (κ3) is 3.32. The van der Waals surface area contributed by atoms with Crippen LogP contribution in [0.3, 0.4) is 0 Å². The van der Waals surface area contributed by atoms with Crippen LogP contribution in [-0.4, -0.2) is 10.9 Å². The number of benzene rings is 1. The largest absolute Gasteiger partial charge is 0.507 e. The average Bonchev–Trinajstić information content (AvgIpc) is 2.44. The van der Waals surface area contributed by atoms with E-state index < -0.39 is 5.63 Å². The molecule has 0 fully saturated rings. The van der Waals surface area contributed by atoms with Gasteiger partial charge in [-0.1, -0.05) is 31.9 Å². The average molecular weight is 288 g/mol. The highest BCUT2D eigenvalue weighted by Crippen LogP contribution is 2.34. The molecule has 0 spiro atoms. The van der Waals surface area contributed by atoms with E-state index in [9.17, 15) is 14.7 Å². The molecule has 0 saturated carbocycles. The molecule has 0 aliphatic rings. The van der Waals surface area contributed by atoms with Crippen molar-refractivity contribution < 1.29 is 14.3 Å². The monoisotopic (exact) mass is 288 g/mol. The van der Waals surface area contributed by atoms with Crippen LogP contribution in [0.2, 0.25) is 0 Å². The van der Waals surface area contributed by atoms with E-state index in [2.05, 4.69) is 0 Å². The maximum Gasteiger partial charge on any atom is 0.343 e. The molecule has 0 amide bonds. The third-order valence-corrected chi connectivity index (χ3v) is 3.67. The van der Waals surface area contributed by atoms with Gasteiger partial charge in [0.1, 0.15) is 17.1 Å². The molecule has 2 aromatic rings. The summed E-state index contributed by atoms with van der Waals surface area (Å²) in [6, 6.07) is 6.88. The lowest BCUT2D eigenvalue weighted by atomic mass is 9.89. The smallest absolute Gasteiger partial charge is 0.343 e. The number of hydrogen-bond acceptors (Lipinski definition) is 4. The van der Waals surface area contributed by atoms with Crippen molar-refractivity contribution >= 4 is 16.8 Å². The molecule has 1 N–H and O–H groups in total. The summed E-state index contributed by atoms with van der Waals surface area (Å²) in [6.07, 6.45) is 2.79. The molecule has 0 aliphatic carbocycles. The van der Waals surface area contributed by atoms with Crippen LogP contribution in [0, 0.1) is 0 Å². The molecule has 0 radical (unpaired) electrons. The molecule has 0 aliphatic heterocycles. The topological polar surface area (TPSA) is 67.5 Å². The van der Waals surface area contributed by atoms with E-state index in [0.717, 1.165) is 12.8 Å². The molecule has 1 heterocycles. The Bertz CT molecular complexity index is 699. The van der Waals surface area contributed by atoms with E-state index in [-0.39, 0.29) is 29.4 Å². The van der Waals surface area contributed by atoms with Crippen molar-refractivity contribution in [3.05, 3.63) is 40.2 Å². The predicted molar refractivity (Wildman–Crippen MR) is 81.7 cm³/mol. The molecule has 2 rings (SSSR count). The summed E-state index contributed by atoms with van der Waals surface area (Å²) in [5.74, 6) is -0.337. The maximum absolute atomic E-state index is 12.2. The van der Waals surface area contributed by atoms with Crippen LogP contribution in [0.15, 0.2) is 33.5 Å². The third-order valence-electron chi connectivity index (χ3n) is 3.67. The van der Waals surface area contributed by atoms with E-state index in [0.29, 0.717) is 17.4 Å². The summed E-state index contributed by atoms with van der Waals surface area (Å²) >= 11 is 0. The number of Topliss-reactive ketones (excluding diaryl/α,β-unsaturated/α-hetero) is 1. The molecule has 0 bridgehead atoms. The summed E-state index contributed by atoms with van der Waals surface area (Å²) in [7, 11) is 0. The molecule has 21 heavy (non-hydrogen) atoms. The van der Waals surface area contributed by atoms with Crippen molar-refractivity contribution in [1.82, 2.24) is 0 Å². The molecule has 0 unspecified atom stereocenters. The highest BCUT2D eigenvalue weighted by Gasteiger charge is 2.23. The first-order valence-electron chi connectivity index (χ1n) is 7.28. The van der Waals surface area contributed by atoms with E-state index in [1.54, 1.807) is 24.3 Å². The van der Waals surface area contributed by atoms with Gasteiger partial charge < -0.3 is 14.3 Å². The molecule has 4 nitrogen and oxygen atoms in total. The molecule has 112 valence electrons. The second-order valence-electron chi connectivity index (χ2n) is 5.39. The van der Waals surface area contributed by atoms with Gasteiger partial charge in [-0.2, -0.15) is 0 Å². The van der Waals surface area contributed by atoms with E-state index in [1.807, 2.05) is 6.92 Å². The Morgan fingerprint density at radius 2 is 2.05 bits per heavy atom. The van der Waals surface area contributed by atoms with Gasteiger partial charge in [-0.15, -0.1) is 0 Å². The maximum atomic E-state index is 12.2. The minimum absolute atomic E-state index is 0.00283. The zero-order valence-electron chi connectivity index (χ0n) is 12.4. The van der Waals surface area contributed by atoms with Crippen molar-refractivity contribution in [3.63, 3.8) is 0 Å². The summed E-state index contributed by atoms with van der Waals surface area (Å²) < 4.78 is 5.29. The molecule has 1 atom stereocenters. The van der Waals surface area contributed by atoms with Crippen LogP contribution in [0.5, 0.6) is 5.75 Å². The molecule has 1 aromatic carbocycles. The Labute approximate surface area is 123 Å². The molecular formula is C17H20O4. The number of aromatic hydroxyl groups is 1. The van der Waals surface area contributed by atoms with Crippen molar-refractivity contribution in [2.45, 2.75) is 45.4 Å². The fraction of sp³-hybridized carbons (Fsp3) is 0.412. The lowest BCUT2D eigenvalue weighted by molar-refractivity contribution is -0.117. The second-order valence-corrected chi connectivity index (χ2v) is 5.39. The highest BCUT2D eigenvalue weighted by atomic mass is 16.4. The zero-order valence-corrected chi connectivity index (χ0v) is 12.4. The van der Waals surface area contributed by atoms with E-state index in [1.165, 1.54) is 6.92 Å². The van der Waals surface area contributed by atoms with Gasteiger partial charge >= 0.3 is 5.63 Å². The number of carbonyl (C=O) groups is 1. The first-order valence-corrected chi connectivity index (χ1v) is 7.28. The van der Waals surface area contributed by atoms with Crippen molar-refractivity contribution in [2.75, 3.05) is 0 Å². The van der Waals surface area contributed by atoms with Crippen molar-refractivity contribution in [1.29, 1.82) is 0 Å². The fourth-order valence-corrected chi connectivity index (χ4v) is 2.65. The molecule has 1 aromatic heterocycles.